The number of carbonyl (C=O) groups is 1. The summed E-state index contributed by atoms with van der Waals surface area (Å²) >= 11 is 3.31. The first-order valence-corrected chi connectivity index (χ1v) is 7.25. The van der Waals surface area contributed by atoms with Gasteiger partial charge in [-0.2, -0.15) is 0 Å². The molecular weight excluding hydrogens is 342 g/mol. The molecule has 110 valence electrons. The van der Waals surface area contributed by atoms with Crippen molar-refractivity contribution in [3.63, 3.8) is 0 Å². The molecule has 2 aromatic carbocycles. The summed E-state index contributed by atoms with van der Waals surface area (Å²) < 4.78 is 32.9. The highest BCUT2D eigenvalue weighted by molar-refractivity contribution is 9.10. The van der Waals surface area contributed by atoms with Crippen molar-refractivity contribution in [1.29, 1.82) is 0 Å². The molecule has 0 aliphatic carbocycles. The molecule has 0 bridgehead atoms. The fraction of sp³-hybridized carbons (Fsp3) is 0.188. The third-order valence-corrected chi connectivity index (χ3v) is 3.47. The van der Waals surface area contributed by atoms with Crippen LogP contribution >= 0.6 is 15.9 Å². The van der Waals surface area contributed by atoms with Crippen LogP contribution in [0.2, 0.25) is 0 Å². The average Bonchev–Trinajstić information content (AvgIpc) is 2.48. The van der Waals surface area contributed by atoms with E-state index in [2.05, 4.69) is 15.9 Å². The van der Waals surface area contributed by atoms with Gasteiger partial charge in [-0.25, -0.2) is 8.78 Å². The molecule has 0 aliphatic heterocycles. The Kier molecular flexibility index (Phi) is 5.07. The lowest BCUT2D eigenvalue weighted by atomic mass is 10.0. The van der Waals surface area contributed by atoms with E-state index < -0.39 is 17.4 Å². The maximum atomic E-state index is 13.7. The van der Waals surface area contributed by atoms with E-state index in [1.54, 1.807) is 6.07 Å². The summed E-state index contributed by atoms with van der Waals surface area (Å²) in [5, 5.41) is 0. The lowest BCUT2D eigenvalue weighted by molar-refractivity contribution is 0.103. The molecule has 5 heteroatoms. The summed E-state index contributed by atoms with van der Waals surface area (Å²) in [4.78, 5) is 12.2. The minimum Gasteiger partial charge on any atom is -0.492 e. The number of benzene rings is 2. The normalized spacial score (nSPS) is 10.5. The molecule has 0 fully saturated rings. The molecule has 0 atom stereocenters. The molecule has 0 saturated carbocycles. The molecular formula is C16H13BrF2O2. The van der Waals surface area contributed by atoms with Crippen LogP contribution in [-0.4, -0.2) is 12.4 Å². The van der Waals surface area contributed by atoms with Gasteiger partial charge in [0.05, 0.1) is 16.6 Å². The van der Waals surface area contributed by atoms with Crippen molar-refractivity contribution in [2.24, 2.45) is 0 Å². The molecule has 2 rings (SSSR count). The minimum atomic E-state index is -1.13. The predicted octanol–water partition coefficient (Wildman–Crippen LogP) is 4.75. The van der Waals surface area contributed by atoms with Gasteiger partial charge in [-0.15, -0.1) is 0 Å². The zero-order chi connectivity index (χ0) is 15.4. The average molecular weight is 355 g/mol. The Morgan fingerprint density at radius 2 is 2.00 bits per heavy atom. The van der Waals surface area contributed by atoms with Crippen LogP contribution in [0.3, 0.4) is 0 Å². The van der Waals surface area contributed by atoms with Gasteiger partial charge in [0.1, 0.15) is 5.75 Å². The Morgan fingerprint density at radius 1 is 1.24 bits per heavy atom. The Morgan fingerprint density at radius 3 is 2.67 bits per heavy atom. The largest absolute Gasteiger partial charge is 0.492 e. The second-order valence-electron chi connectivity index (χ2n) is 4.42. The summed E-state index contributed by atoms with van der Waals surface area (Å²) in [5.74, 6) is -2.14. The zero-order valence-electron chi connectivity index (χ0n) is 11.3. The summed E-state index contributed by atoms with van der Waals surface area (Å²) in [6, 6.07) is 8.24. The quantitative estimate of drug-likeness (QED) is 0.724. The molecule has 0 aromatic heterocycles. The lowest BCUT2D eigenvalue weighted by Gasteiger charge is -2.09. The van der Waals surface area contributed by atoms with Crippen LogP contribution in [0.15, 0.2) is 40.9 Å². The van der Waals surface area contributed by atoms with Crippen LogP contribution in [-0.2, 0) is 0 Å². The van der Waals surface area contributed by atoms with Gasteiger partial charge in [0.25, 0.3) is 0 Å². The van der Waals surface area contributed by atoms with Gasteiger partial charge in [-0.3, -0.25) is 4.79 Å². The van der Waals surface area contributed by atoms with Gasteiger partial charge < -0.3 is 4.74 Å². The van der Waals surface area contributed by atoms with E-state index in [0.29, 0.717) is 16.8 Å². The molecule has 0 N–H and O–H groups in total. The monoisotopic (exact) mass is 354 g/mol. The van der Waals surface area contributed by atoms with Gasteiger partial charge in [0.2, 0.25) is 0 Å². The highest BCUT2D eigenvalue weighted by atomic mass is 79.9. The van der Waals surface area contributed by atoms with Gasteiger partial charge in [-0.05, 0) is 52.7 Å². The standard InChI is InChI=1S/C16H13BrF2O2/c1-2-8-21-14-7-6-10(9-12(14)17)16(20)11-4-3-5-13(18)15(11)19/h3-7,9H,2,8H2,1H3. The third-order valence-electron chi connectivity index (χ3n) is 2.85. The maximum absolute atomic E-state index is 13.7. The van der Waals surface area contributed by atoms with E-state index in [1.807, 2.05) is 6.92 Å². The zero-order valence-corrected chi connectivity index (χ0v) is 12.9. The highest BCUT2D eigenvalue weighted by Crippen LogP contribution is 2.27. The highest BCUT2D eigenvalue weighted by Gasteiger charge is 2.17. The van der Waals surface area contributed by atoms with Crippen molar-refractivity contribution in [2.75, 3.05) is 6.61 Å². The Balaban J connectivity index is 2.32. The fourth-order valence-corrected chi connectivity index (χ4v) is 2.30. The molecule has 21 heavy (non-hydrogen) atoms. The molecule has 0 saturated heterocycles. The van der Waals surface area contributed by atoms with Crippen molar-refractivity contribution in [3.8, 4) is 5.75 Å². The van der Waals surface area contributed by atoms with E-state index in [-0.39, 0.29) is 11.1 Å². The Hall–Kier alpha value is -1.75. The third kappa shape index (κ3) is 3.47. The second kappa shape index (κ2) is 6.80. The number of ketones is 1. The number of halogens is 3. The van der Waals surface area contributed by atoms with Gasteiger partial charge >= 0.3 is 0 Å². The molecule has 2 nitrogen and oxygen atoms in total. The lowest BCUT2D eigenvalue weighted by Crippen LogP contribution is -2.06. The summed E-state index contributed by atoms with van der Waals surface area (Å²) in [6.07, 6.45) is 0.863. The minimum absolute atomic E-state index is 0.259. The van der Waals surface area contributed by atoms with Crippen molar-refractivity contribution in [2.45, 2.75) is 13.3 Å². The first-order chi connectivity index (χ1) is 10.0. The van der Waals surface area contributed by atoms with E-state index >= 15 is 0 Å². The van der Waals surface area contributed by atoms with Crippen LogP contribution in [0.4, 0.5) is 8.78 Å². The number of hydrogen-bond donors (Lipinski definition) is 0. The second-order valence-corrected chi connectivity index (χ2v) is 5.28. The topological polar surface area (TPSA) is 26.3 Å². The number of hydrogen-bond acceptors (Lipinski definition) is 2. The van der Waals surface area contributed by atoms with Crippen molar-refractivity contribution < 1.29 is 18.3 Å². The molecule has 0 spiro atoms. The number of ether oxygens (including phenoxy) is 1. The molecule has 0 radical (unpaired) electrons. The first kappa shape index (κ1) is 15.6. The molecule has 0 aliphatic rings. The SMILES string of the molecule is CCCOc1ccc(C(=O)c2cccc(F)c2F)cc1Br. The van der Waals surface area contributed by atoms with Crippen LogP contribution in [0.1, 0.15) is 29.3 Å². The van der Waals surface area contributed by atoms with Crippen LogP contribution in [0, 0.1) is 11.6 Å². The Bertz CT molecular complexity index is 671. The van der Waals surface area contributed by atoms with Crippen molar-refractivity contribution in [3.05, 3.63) is 63.6 Å². The fourth-order valence-electron chi connectivity index (χ4n) is 1.81. The Labute approximate surface area is 129 Å². The van der Waals surface area contributed by atoms with Crippen LogP contribution < -0.4 is 4.74 Å². The molecule has 0 heterocycles. The maximum Gasteiger partial charge on any atom is 0.196 e. The van der Waals surface area contributed by atoms with E-state index in [9.17, 15) is 13.6 Å². The number of carbonyl (C=O) groups excluding carboxylic acids is 1. The molecule has 0 unspecified atom stereocenters. The van der Waals surface area contributed by atoms with E-state index in [0.717, 1.165) is 12.5 Å². The predicted molar refractivity (Wildman–Crippen MR) is 79.7 cm³/mol. The van der Waals surface area contributed by atoms with Crippen molar-refractivity contribution in [1.82, 2.24) is 0 Å². The number of rotatable bonds is 5. The van der Waals surface area contributed by atoms with Crippen LogP contribution in [0.5, 0.6) is 5.75 Å². The van der Waals surface area contributed by atoms with Crippen molar-refractivity contribution >= 4 is 21.7 Å². The summed E-state index contributed by atoms with van der Waals surface area (Å²) in [7, 11) is 0. The van der Waals surface area contributed by atoms with Gasteiger partial charge in [-0.1, -0.05) is 13.0 Å². The van der Waals surface area contributed by atoms with Gasteiger partial charge in [0, 0.05) is 5.56 Å². The van der Waals surface area contributed by atoms with Crippen LogP contribution in [0.25, 0.3) is 0 Å². The smallest absolute Gasteiger partial charge is 0.196 e. The van der Waals surface area contributed by atoms with Gasteiger partial charge in [0.15, 0.2) is 17.4 Å². The van der Waals surface area contributed by atoms with E-state index in [1.165, 1.54) is 24.3 Å². The summed E-state index contributed by atoms with van der Waals surface area (Å²) in [5.41, 5.74) is -0.0284. The van der Waals surface area contributed by atoms with E-state index in [4.69, 9.17) is 4.74 Å². The molecule has 2 aromatic rings. The first-order valence-electron chi connectivity index (χ1n) is 6.45. The molecule has 0 amide bonds. The summed E-state index contributed by atoms with van der Waals surface area (Å²) in [6.45, 7) is 2.54.